The van der Waals surface area contributed by atoms with Gasteiger partial charge in [0.1, 0.15) is 5.54 Å². The molecule has 0 bridgehead atoms. The van der Waals surface area contributed by atoms with Crippen molar-refractivity contribution in [3.63, 3.8) is 0 Å². The number of hydrogen-bond donors (Lipinski definition) is 3. The minimum Gasteiger partial charge on any atom is -0.480 e. The maximum atomic E-state index is 11.4. The molecule has 0 fully saturated rings. The summed E-state index contributed by atoms with van der Waals surface area (Å²) in [5.74, 6) is -1.53. The maximum absolute atomic E-state index is 11.4. The fraction of sp³-hybridized carbons (Fsp3) is 0.429. The topological polar surface area (TPSA) is 92.4 Å². The summed E-state index contributed by atoms with van der Waals surface area (Å²) < 4.78 is 0. The minimum atomic E-state index is -1.12. The highest BCUT2D eigenvalue weighted by molar-refractivity contribution is 5.99. The number of aliphatic carboxylic acids is 1. The average Bonchev–Trinajstić information content (AvgIpc) is 2.28. The van der Waals surface area contributed by atoms with Crippen molar-refractivity contribution >= 4 is 17.6 Å². The van der Waals surface area contributed by atoms with Gasteiger partial charge in [0.05, 0.1) is 5.56 Å². The molecule has 0 aliphatic rings. The molecule has 0 radical (unpaired) electrons. The van der Waals surface area contributed by atoms with Crippen molar-refractivity contribution in [2.24, 2.45) is 5.73 Å². The summed E-state index contributed by atoms with van der Waals surface area (Å²) in [6, 6.07) is 5.11. The quantitative estimate of drug-likeness (QED) is 0.734. The lowest BCUT2D eigenvalue weighted by Gasteiger charge is -2.28. The van der Waals surface area contributed by atoms with Crippen molar-refractivity contribution in [2.45, 2.75) is 39.2 Å². The Bertz CT molecular complexity index is 499. The summed E-state index contributed by atoms with van der Waals surface area (Å²) in [5.41, 5.74) is 5.88. The van der Waals surface area contributed by atoms with E-state index in [1.165, 1.54) is 0 Å². The summed E-state index contributed by atoms with van der Waals surface area (Å²) in [4.78, 5) is 22.8. The Morgan fingerprint density at radius 3 is 2.53 bits per heavy atom. The van der Waals surface area contributed by atoms with Crippen LogP contribution < -0.4 is 11.1 Å². The molecule has 1 atom stereocenters. The van der Waals surface area contributed by atoms with Crippen LogP contribution in [0, 0.1) is 6.92 Å². The third-order valence-corrected chi connectivity index (χ3v) is 3.07. The van der Waals surface area contributed by atoms with Gasteiger partial charge in [-0.2, -0.15) is 0 Å². The standard InChI is InChI=1S/C14H20N2O3/c1-4-7-14(3,13(18)19)16-11-8-9(2)5-6-10(11)12(15)17/h5-6,8,16H,4,7H2,1-3H3,(H2,15,17)(H,18,19). The van der Waals surface area contributed by atoms with E-state index in [-0.39, 0.29) is 0 Å². The molecule has 5 heteroatoms. The number of nitrogens with two attached hydrogens (primary N) is 1. The number of hydrogen-bond acceptors (Lipinski definition) is 3. The first-order valence-electron chi connectivity index (χ1n) is 6.22. The van der Waals surface area contributed by atoms with Crippen LogP contribution in [0.4, 0.5) is 5.69 Å². The molecule has 0 heterocycles. The molecule has 1 amide bonds. The zero-order chi connectivity index (χ0) is 14.6. The molecule has 4 N–H and O–H groups in total. The van der Waals surface area contributed by atoms with E-state index in [9.17, 15) is 14.7 Å². The highest BCUT2D eigenvalue weighted by atomic mass is 16.4. The van der Waals surface area contributed by atoms with Gasteiger partial charge >= 0.3 is 5.97 Å². The lowest BCUT2D eigenvalue weighted by molar-refractivity contribution is -0.142. The highest BCUT2D eigenvalue weighted by Crippen LogP contribution is 2.24. The maximum Gasteiger partial charge on any atom is 0.329 e. The number of carbonyl (C=O) groups is 2. The van der Waals surface area contributed by atoms with Gasteiger partial charge in [-0.3, -0.25) is 4.79 Å². The predicted octanol–water partition coefficient (Wildman–Crippen LogP) is 2.15. The van der Waals surface area contributed by atoms with Gasteiger partial charge in [0, 0.05) is 5.69 Å². The van der Waals surface area contributed by atoms with Crippen LogP contribution in [0.1, 0.15) is 42.6 Å². The number of carboxylic acid groups (broad SMARTS) is 1. The molecule has 0 aliphatic carbocycles. The number of primary amides is 1. The third kappa shape index (κ3) is 3.47. The van der Waals surface area contributed by atoms with Gasteiger partial charge in [0.25, 0.3) is 5.91 Å². The fourth-order valence-corrected chi connectivity index (χ4v) is 2.00. The minimum absolute atomic E-state index is 0.300. The second-order valence-corrected chi connectivity index (χ2v) is 4.93. The van der Waals surface area contributed by atoms with Crippen LogP contribution in [-0.4, -0.2) is 22.5 Å². The summed E-state index contributed by atoms with van der Waals surface area (Å²) in [5, 5.41) is 12.3. The largest absolute Gasteiger partial charge is 0.480 e. The summed E-state index contributed by atoms with van der Waals surface area (Å²) in [6.45, 7) is 5.38. The molecule has 1 unspecified atom stereocenters. The van der Waals surface area contributed by atoms with E-state index < -0.39 is 17.4 Å². The van der Waals surface area contributed by atoms with Crippen molar-refractivity contribution in [1.29, 1.82) is 0 Å². The van der Waals surface area contributed by atoms with E-state index in [2.05, 4.69) is 5.32 Å². The normalized spacial score (nSPS) is 13.6. The van der Waals surface area contributed by atoms with Gasteiger partial charge in [-0.15, -0.1) is 0 Å². The summed E-state index contributed by atoms with van der Waals surface area (Å²) in [6.07, 6.45) is 1.17. The summed E-state index contributed by atoms with van der Waals surface area (Å²) >= 11 is 0. The Hall–Kier alpha value is -2.04. The first-order chi connectivity index (χ1) is 8.80. The van der Waals surface area contributed by atoms with Gasteiger partial charge in [-0.05, 0) is 38.0 Å². The van der Waals surface area contributed by atoms with Crippen molar-refractivity contribution in [3.05, 3.63) is 29.3 Å². The third-order valence-electron chi connectivity index (χ3n) is 3.07. The van der Waals surface area contributed by atoms with E-state index in [1.54, 1.807) is 25.1 Å². The van der Waals surface area contributed by atoms with Gasteiger partial charge < -0.3 is 16.2 Å². The van der Waals surface area contributed by atoms with E-state index in [4.69, 9.17) is 5.73 Å². The van der Waals surface area contributed by atoms with Crippen LogP contribution in [0.3, 0.4) is 0 Å². The van der Waals surface area contributed by atoms with E-state index in [1.807, 2.05) is 13.8 Å². The van der Waals surface area contributed by atoms with Gasteiger partial charge in [-0.25, -0.2) is 4.79 Å². The van der Waals surface area contributed by atoms with E-state index in [0.29, 0.717) is 24.1 Å². The second kappa shape index (κ2) is 5.73. The molecule has 1 aromatic carbocycles. The molecule has 1 rings (SSSR count). The van der Waals surface area contributed by atoms with Crippen LogP contribution in [0.5, 0.6) is 0 Å². The van der Waals surface area contributed by atoms with Crippen LogP contribution in [0.2, 0.25) is 0 Å². The molecule has 1 aromatic rings. The lowest BCUT2D eigenvalue weighted by Crippen LogP contribution is -2.43. The smallest absolute Gasteiger partial charge is 0.329 e. The molecule has 19 heavy (non-hydrogen) atoms. The average molecular weight is 264 g/mol. The van der Waals surface area contributed by atoms with Crippen LogP contribution in [0.25, 0.3) is 0 Å². The predicted molar refractivity (Wildman–Crippen MR) is 74.3 cm³/mol. The number of nitrogens with one attached hydrogen (secondary N) is 1. The Labute approximate surface area is 112 Å². The van der Waals surface area contributed by atoms with Gasteiger partial charge in [-0.1, -0.05) is 19.4 Å². The first kappa shape index (κ1) is 15.0. The zero-order valence-electron chi connectivity index (χ0n) is 11.5. The van der Waals surface area contributed by atoms with Crippen LogP contribution in [0.15, 0.2) is 18.2 Å². The lowest BCUT2D eigenvalue weighted by atomic mass is 9.95. The Balaban J connectivity index is 3.19. The molecule has 0 spiro atoms. The Kier molecular flexibility index (Phi) is 4.53. The van der Waals surface area contributed by atoms with Crippen LogP contribution >= 0.6 is 0 Å². The Morgan fingerprint density at radius 2 is 2.05 bits per heavy atom. The number of rotatable bonds is 6. The van der Waals surface area contributed by atoms with Crippen LogP contribution in [-0.2, 0) is 4.79 Å². The molecule has 0 saturated heterocycles. The summed E-state index contributed by atoms with van der Waals surface area (Å²) in [7, 11) is 0. The zero-order valence-corrected chi connectivity index (χ0v) is 11.5. The highest BCUT2D eigenvalue weighted by Gasteiger charge is 2.32. The van der Waals surface area contributed by atoms with Crippen molar-refractivity contribution in [3.8, 4) is 0 Å². The molecule has 5 nitrogen and oxygen atoms in total. The Morgan fingerprint density at radius 1 is 1.42 bits per heavy atom. The van der Waals surface area contributed by atoms with Gasteiger partial charge in [0.15, 0.2) is 0 Å². The number of carbonyl (C=O) groups excluding carboxylic acids is 1. The van der Waals surface area contributed by atoms with Gasteiger partial charge in [0.2, 0.25) is 0 Å². The van der Waals surface area contributed by atoms with Crippen molar-refractivity contribution in [2.75, 3.05) is 5.32 Å². The van der Waals surface area contributed by atoms with E-state index in [0.717, 1.165) is 5.56 Å². The number of anilines is 1. The number of benzene rings is 1. The number of aryl methyl sites for hydroxylation is 1. The molecular weight excluding hydrogens is 244 g/mol. The number of carboxylic acids is 1. The molecular formula is C14H20N2O3. The molecule has 0 aliphatic heterocycles. The molecule has 0 saturated carbocycles. The first-order valence-corrected chi connectivity index (χ1v) is 6.22. The monoisotopic (exact) mass is 264 g/mol. The fourth-order valence-electron chi connectivity index (χ4n) is 2.00. The van der Waals surface area contributed by atoms with Crippen molar-refractivity contribution < 1.29 is 14.7 Å². The second-order valence-electron chi connectivity index (χ2n) is 4.93. The SMILES string of the molecule is CCCC(C)(Nc1cc(C)ccc1C(N)=O)C(=O)O. The molecule has 0 aromatic heterocycles. The van der Waals surface area contributed by atoms with E-state index >= 15 is 0 Å². The molecule has 104 valence electrons. The number of amides is 1. The van der Waals surface area contributed by atoms with Crippen molar-refractivity contribution in [1.82, 2.24) is 0 Å².